The van der Waals surface area contributed by atoms with Crippen LogP contribution in [0.5, 0.6) is 5.75 Å². The lowest BCUT2D eigenvalue weighted by Crippen LogP contribution is -2.40. The summed E-state index contributed by atoms with van der Waals surface area (Å²) in [4.78, 5) is 24.5. The smallest absolute Gasteiger partial charge is 0.480 e. The average molecular weight is 331 g/mol. The van der Waals surface area contributed by atoms with E-state index in [0.717, 1.165) is 0 Å². The third-order valence-electron chi connectivity index (χ3n) is 3.64. The number of halogens is 3. The Morgan fingerprint density at radius 3 is 2.48 bits per heavy atom. The molecule has 1 aliphatic rings. The lowest BCUT2D eigenvalue weighted by Gasteiger charge is -2.21. The van der Waals surface area contributed by atoms with Gasteiger partial charge in [-0.15, -0.1) is 13.2 Å². The van der Waals surface area contributed by atoms with E-state index < -0.39 is 18.4 Å². The predicted octanol–water partition coefficient (Wildman–Crippen LogP) is 2.59. The van der Waals surface area contributed by atoms with Crippen LogP contribution in [-0.4, -0.2) is 40.8 Å². The number of hydrogen-bond donors (Lipinski definition) is 1. The monoisotopic (exact) mass is 331 g/mol. The summed E-state index contributed by atoms with van der Waals surface area (Å²) in [5.74, 6) is -1.59. The van der Waals surface area contributed by atoms with Crippen molar-refractivity contribution in [3.8, 4) is 5.75 Å². The van der Waals surface area contributed by atoms with Gasteiger partial charge in [0, 0.05) is 13.0 Å². The third-order valence-corrected chi connectivity index (χ3v) is 3.64. The molecule has 1 aromatic rings. The Hall–Kier alpha value is -2.25. The number of rotatable bonds is 5. The Morgan fingerprint density at radius 2 is 1.91 bits per heavy atom. The van der Waals surface area contributed by atoms with E-state index in [-0.39, 0.29) is 18.1 Å². The summed E-state index contributed by atoms with van der Waals surface area (Å²) in [5, 5.41) is 9.04. The zero-order valence-corrected chi connectivity index (χ0v) is 12.2. The van der Waals surface area contributed by atoms with Crippen molar-refractivity contribution in [1.82, 2.24) is 4.90 Å². The van der Waals surface area contributed by atoms with Crippen LogP contribution in [0.4, 0.5) is 13.2 Å². The van der Waals surface area contributed by atoms with Crippen LogP contribution in [0.25, 0.3) is 0 Å². The number of likely N-dealkylation sites (tertiary alicyclic amines) is 1. The Labute approximate surface area is 130 Å². The van der Waals surface area contributed by atoms with Crippen molar-refractivity contribution >= 4 is 11.9 Å². The number of alkyl halides is 3. The van der Waals surface area contributed by atoms with E-state index >= 15 is 0 Å². The molecule has 0 unspecified atom stereocenters. The molecule has 0 bridgehead atoms. The molecule has 126 valence electrons. The molecule has 0 saturated carbocycles. The SMILES string of the molecule is O=C(O)[C@@H]1CCCN1C(=O)CCc1ccc(OC(F)(F)F)cc1. The third kappa shape index (κ3) is 4.87. The van der Waals surface area contributed by atoms with E-state index in [4.69, 9.17) is 5.11 Å². The standard InChI is InChI=1S/C15H16F3NO4/c16-15(17,18)23-11-6-3-10(4-7-11)5-8-13(20)19-9-1-2-12(19)14(21)22/h3-4,6-7,12H,1-2,5,8-9H2,(H,21,22)/t12-/m0/s1. The number of nitrogens with zero attached hydrogens (tertiary/aromatic N) is 1. The van der Waals surface area contributed by atoms with Crippen molar-refractivity contribution in [2.45, 2.75) is 38.1 Å². The topological polar surface area (TPSA) is 66.8 Å². The van der Waals surface area contributed by atoms with Crippen molar-refractivity contribution in [2.24, 2.45) is 0 Å². The van der Waals surface area contributed by atoms with Gasteiger partial charge in [0.1, 0.15) is 11.8 Å². The van der Waals surface area contributed by atoms with Crippen molar-refractivity contribution in [1.29, 1.82) is 0 Å². The Bertz CT molecular complexity index is 571. The fourth-order valence-electron chi connectivity index (χ4n) is 2.57. The summed E-state index contributed by atoms with van der Waals surface area (Å²) < 4.78 is 39.9. The van der Waals surface area contributed by atoms with Gasteiger partial charge in [-0.3, -0.25) is 4.79 Å². The fraction of sp³-hybridized carbons (Fsp3) is 0.467. The van der Waals surface area contributed by atoms with E-state index in [0.29, 0.717) is 31.4 Å². The van der Waals surface area contributed by atoms with Crippen molar-refractivity contribution in [3.63, 3.8) is 0 Å². The molecular formula is C15H16F3NO4. The number of aliphatic carboxylic acids is 1. The highest BCUT2D eigenvalue weighted by molar-refractivity contribution is 5.84. The Morgan fingerprint density at radius 1 is 1.26 bits per heavy atom. The Balaban J connectivity index is 1.88. The van der Waals surface area contributed by atoms with E-state index in [1.165, 1.54) is 29.2 Å². The van der Waals surface area contributed by atoms with Crippen LogP contribution in [0.2, 0.25) is 0 Å². The highest BCUT2D eigenvalue weighted by Gasteiger charge is 2.33. The maximum absolute atomic E-state index is 12.1. The molecule has 1 fully saturated rings. The first-order valence-electron chi connectivity index (χ1n) is 7.13. The molecule has 8 heteroatoms. The summed E-state index contributed by atoms with van der Waals surface area (Å²) in [7, 11) is 0. The van der Waals surface area contributed by atoms with Gasteiger partial charge in [0.25, 0.3) is 0 Å². The molecule has 0 spiro atoms. The van der Waals surface area contributed by atoms with Crippen molar-refractivity contribution in [2.75, 3.05) is 6.54 Å². The minimum atomic E-state index is -4.74. The molecule has 1 amide bonds. The summed E-state index contributed by atoms with van der Waals surface area (Å²) in [5.41, 5.74) is 0.680. The minimum absolute atomic E-state index is 0.114. The Kier molecular flexibility index (Phi) is 5.12. The zero-order valence-electron chi connectivity index (χ0n) is 12.2. The van der Waals surface area contributed by atoms with Crippen molar-refractivity contribution in [3.05, 3.63) is 29.8 Å². The van der Waals surface area contributed by atoms with Gasteiger partial charge in [-0.25, -0.2) is 4.79 Å². The van der Waals surface area contributed by atoms with Crippen LogP contribution in [0.1, 0.15) is 24.8 Å². The molecule has 0 aromatic heterocycles. The molecular weight excluding hydrogens is 315 g/mol. The van der Waals surface area contributed by atoms with Gasteiger partial charge in [0.15, 0.2) is 0 Å². The zero-order chi connectivity index (χ0) is 17.0. The number of carbonyl (C=O) groups excluding carboxylic acids is 1. The molecule has 2 rings (SSSR count). The maximum Gasteiger partial charge on any atom is 0.573 e. The van der Waals surface area contributed by atoms with E-state index in [1.807, 2.05) is 0 Å². The fourth-order valence-corrected chi connectivity index (χ4v) is 2.57. The molecule has 0 radical (unpaired) electrons. The second kappa shape index (κ2) is 6.89. The van der Waals surface area contributed by atoms with Gasteiger partial charge in [-0.2, -0.15) is 0 Å². The van der Waals surface area contributed by atoms with Crippen LogP contribution in [0, 0.1) is 0 Å². The normalized spacial score (nSPS) is 18.0. The van der Waals surface area contributed by atoms with Gasteiger partial charge < -0.3 is 14.7 Å². The molecule has 5 nitrogen and oxygen atoms in total. The van der Waals surface area contributed by atoms with Crippen LogP contribution >= 0.6 is 0 Å². The highest BCUT2D eigenvalue weighted by Crippen LogP contribution is 2.23. The van der Waals surface area contributed by atoms with E-state index in [9.17, 15) is 22.8 Å². The van der Waals surface area contributed by atoms with Gasteiger partial charge in [-0.05, 0) is 37.0 Å². The molecule has 1 saturated heterocycles. The van der Waals surface area contributed by atoms with Crippen LogP contribution in [-0.2, 0) is 16.0 Å². The summed E-state index contributed by atoms with van der Waals surface area (Å²) in [6, 6.07) is 4.50. The van der Waals surface area contributed by atoms with Crippen LogP contribution in [0.3, 0.4) is 0 Å². The second-order valence-corrected chi connectivity index (χ2v) is 5.28. The molecule has 1 aromatic carbocycles. The highest BCUT2D eigenvalue weighted by atomic mass is 19.4. The maximum atomic E-state index is 12.1. The lowest BCUT2D eigenvalue weighted by molar-refractivity contribution is -0.274. The first-order chi connectivity index (χ1) is 10.8. The molecule has 1 heterocycles. The molecule has 0 aliphatic carbocycles. The summed E-state index contributed by atoms with van der Waals surface area (Å²) in [6.45, 7) is 0.425. The van der Waals surface area contributed by atoms with Gasteiger partial charge in [0.05, 0.1) is 0 Å². The van der Waals surface area contributed by atoms with Crippen LogP contribution < -0.4 is 4.74 Å². The number of carboxylic acids is 1. The number of amides is 1. The largest absolute Gasteiger partial charge is 0.573 e. The molecule has 1 atom stereocenters. The number of ether oxygens (including phenoxy) is 1. The minimum Gasteiger partial charge on any atom is -0.480 e. The predicted molar refractivity (Wildman–Crippen MR) is 73.8 cm³/mol. The van der Waals surface area contributed by atoms with Gasteiger partial charge in [0.2, 0.25) is 5.91 Å². The number of carboxylic acid groups (broad SMARTS) is 1. The van der Waals surface area contributed by atoms with Gasteiger partial charge >= 0.3 is 12.3 Å². The molecule has 1 aliphatic heterocycles. The number of benzene rings is 1. The van der Waals surface area contributed by atoms with Gasteiger partial charge in [-0.1, -0.05) is 12.1 Å². The lowest BCUT2D eigenvalue weighted by atomic mass is 10.1. The van der Waals surface area contributed by atoms with E-state index in [1.54, 1.807) is 0 Å². The van der Waals surface area contributed by atoms with Crippen LogP contribution in [0.15, 0.2) is 24.3 Å². The second-order valence-electron chi connectivity index (χ2n) is 5.28. The number of carbonyl (C=O) groups is 2. The average Bonchev–Trinajstić information content (AvgIpc) is 2.94. The summed E-state index contributed by atoms with van der Waals surface area (Å²) >= 11 is 0. The molecule has 23 heavy (non-hydrogen) atoms. The number of aryl methyl sites for hydroxylation is 1. The first kappa shape index (κ1) is 17.1. The van der Waals surface area contributed by atoms with Crippen molar-refractivity contribution < 1.29 is 32.6 Å². The first-order valence-corrected chi connectivity index (χ1v) is 7.13. The van der Waals surface area contributed by atoms with E-state index in [2.05, 4.69) is 4.74 Å². The number of hydrogen-bond acceptors (Lipinski definition) is 3. The summed E-state index contributed by atoms with van der Waals surface area (Å²) in [6.07, 6.45) is -3.19. The quantitative estimate of drug-likeness (QED) is 0.901. The molecule has 1 N–H and O–H groups in total.